The van der Waals surface area contributed by atoms with Crippen LogP contribution in [0, 0.1) is 5.92 Å². The second-order valence-electron chi connectivity index (χ2n) is 5.48. The van der Waals surface area contributed by atoms with Gasteiger partial charge < -0.3 is 10.1 Å². The molecule has 0 heterocycles. The second-order valence-corrected chi connectivity index (χ2v) is 5.75. The third kappa shape index (κ3) is 5.91. The fourth-order valence-corrected chi connectivity index (χ4v) is 1.69. The molecule has 1 aliphatic carbocycles. The number of hydrogen-bond donors (Lipinski definition) is 1. The van der Waals surface area contributed by atoms with E-state index in [9.17, 15) is 9.59 Å². The molecule has 0 saturated heterocycles. The summed E-state index contributed by atoms with van der Waals surface area (Å²) in [5.74, 6) is 0.319. The van der Waals surface area contributed by atoms with Crippen LogP contribution in [-0.2, 0) is 9.53 Å². The van der Waals surface area contributed by atoms with Crippen LogP contribution in [0.1, 0.15) is 40.0 Å². The van der Waals surface area contributed by atoms with Crippen LogP contribution in [-0.4, -0.2) is 29.4 Å². The van der Waals surface area contributed by atoms with Gasteiger partial charge >= 0.3 is 6.09 Å². The molecule has 0 aliphatic heterocycles. The third-order valence-corrected chi connectivity index (χ3v) is 2.74. The van der Waals surface area contributed by atoms with E-state index in [1.807, 2.05) is 0 Å². The Balaban J connectivity index is 2.46. The topological polar surface area (TPSA) is 55.4 Å². The first-order valence-corrected chi connectivity index (χ1v) is 6.43. The molecular formula is C12H20ClNO3. The van der Waals surface area contributed by atoms with Gasteiger partial charge in [-0.1, -0.05) is 12.8 Å². The van der Waals surface area contributed by atoms with Gasteiger partial charge in [-0.3, -0.25) is 4.79 Å². The van der Waals surface area contributed by atoms with Crippen molar-refractivity contribution in [3.8, 4) is 0 Å². The van der Waals surface area contributed by atoms with E-state index in [4.69, 9.17) is 16.3 Å². The first kappa shape index (κ1) is 14.3. The number of ketones is 1. The molecule has 0 aromatic heterocycles. The fraction of sp³-hybridized carbons (Fsp3) is 0.833. The molecule has 0 bridgehead atoms. The normalized spacial score (nSPS) is 17.4. The number of halogens is 1. The molecule has 17 heavy (non-hydrogen) atoms. The number of carbonyl (C=O) groups excluding carboxylic acids is 2. The number of rotatable bonds is 5. The maximum atomic E-state index is 11.6. The molecule has 1 unspecified atom stereocenters. The van der Waals surface area contributed by atoms with Crippen LogP contribution in [0.2, 0.25) is 0 Å². The molecule has 1 saturated carbocycles. The number of ether oxygens (including phenoxy) is 1. The quantitative estimate of drug-likeness (QED) is 0.774. The van der Waals surface area contributed by atoms with Crippen molar-refractivity contribution < 1.29 is 14.3 Å². The molecule has 0 spiro atoms. The largest absolute Gasteiger partial charge is 0.444 e. The zero-order chi connectivity index (χ0) is 13.1. The summed E-state index contributed by atoms with van der Waals surface area (Å²) in [5, 5.41) is 2.60. The van der Waals surface area contributed by atoms with Gasteiger partial charge in [-0.2, -0.15) is 0 Å². The fourth-order valence-electron chi connectivity index (χ4n) is 1.50. The van der Waals surface area contributed by atoms with Crippen molar-refractivity contribution in [1.29, 1.82) is 0 Å². The van der Waals surface area contributed by atoms with Gasteiger partial charge in [-0.05, 0) is 33.1 Å². The van der Waals surface area contributed by atoms with E-state index in [0.29, 0.717) is 12.3 Å². The van der Waals surface area contributed by atoms with Crippen molar-refractivity contribution in [3.05, 3.63) is 0 Å². The minimum Gasteiger partial charge on any atom is -0.444 e. The van der Waals surface area contributed by atoms with Gasteiger partial charge in [0.2, 0.25) is 0 Å². The van der Waals surface area contributed by atoms with Crippen LogP contribution < -0.4 is 5.32 Å². The van der Waals surface area contributed by atoms with E-state index in [1.54, 1.807) is 20.8 Å². The molecule has 1 atom stereocenters. The van der Waals surface area contributed by atoms with Crippen LogP contribution in [0.5, 0.6) is 0 Å². The van der Waals surface area contributed by atoms with Crippen LogP contribution in [0.3, 0.4) is 0 Å². The number of nitrogens with one attached hydrogen (secondary N) is 1. The lowest BCUT2D eigenvalue weighted by Gasteiger charge is -2.22. The van der Waals surface area contributed by atoms with Crippen molar-refractivity contribution in [2.24, 2.45) is 5.92 Å². The van der Waals surface area contributed by atoms with Crippen molar-refractivity contribution in [3.63, 3.8) is 0 Å². The van der Waals surface area contributed by atoms with E-state index < -0.39 is 17.7 Å². The molecule has 1 amide bonds. The van der Waals surface area contributed by atoms with E-state index in [2.05, 4.69) is 5.32 Å². The molecule has 5 heteroatoms. The predicted molar refractivity (Wildman–Crippen MR) is 66.2 cm³/mol. The zero-order valence-corrected chi connectivity index (χ0v) is 11.3. The van der Waals surface area contributed by atoms with Crippen molar-refractivity contribution >= 4 is 23.5 Å². The summed E-state index contributed by atoms with van der Waals surface area (Å²) in [4.78, 5) is 23.1. The van der Waals surface area contributed by atoms with Gasteiger partial charge in [0, 0.05) is 0 Å². The van der Waals surface area contributed by atoms with Gasteiger partial charge in [0.15, 0.2) is 5.78 Å². The molecule has 4 nitrogen and oxygen atoms in total. The molecular weight excluding hydrogens is 242 g/mol. The van der Waals surface area contributed by atoms with Crippen LogP contribution in [0.15, 0.2) is 0 Å². The molecule has 0 aromatic carbocycles. The molecule has 98 valence electrons. The monoisotopic (exact) mass is 261 g/mol. The van der Waals surface area contributed by atoms with Gasteiger partial charge in [0.25, 0.3) is 0 Å². The van der Waals surface area contributed by atoms with Gasteiger partial charge in [0.05, 0.1) is 11.9 Å². The Labute approximate surface area is 107 Å². The van der Waals surface area contributed by atoms with Crippen molar-refractivity contribution in [2.45, 2.75) is 51.7 Å². The summed E-state index contributed by atoms with van der Waals surface area (Å²) < 4.78 is 5.12. The maximum absolute atomic E-state index is 11.6. The Morgan fingerprint density at radius 3 is 2.41 bits per heavy atom. The molecule has 1 N–H and O–H groups in total. The Morgan fingerprint density at radius 2 is 2.00 bits per heavy atom. The van der Waals surface area contributed by atoms with Crippen molar-refractivity contribution in [1.82, 2.24) is 5.32 Å². The number of Topliss-reactive ketones (excluding diaryl/α,β-unsaturated/α-hetero) is 1. The Morgan fingerprint density at radius 1 is 1.41 bits per heavy atom. The number of alkyl carbamates (subject to hydrolysis) is 1. The first-order valence-electron chi connectivity index (χ1n) is 5.90. The van der Waals surface area contributed by atoms with Gasteiger partial charge in [-0.25, -0.2) is 4.79 Å². The lowest BCUT2D eigenvalue weighted by molar-refractivity contribution is -0.119. The summed E-state index contributed by atoms with van der Waals surface area (Å²) in [6.45, 7) is 5.35. The molecule has 1 fully saturated rings. The first-order chi connectivity index (χ1) is 7.81. The van der Waals surface area contributed by atoms with Crippen LogP contribution in [0.4, 0.5) is 4.79 Å². The maximum Gasteiger partial charge on any atom is 0.408 e. The van der Waals surface area contributed by atoms with E-state index >= 15 is 0 Å². The minimum absolute atomic E-state index is 0.0762. The van der Waals surface area contributed by atoms with Crippen LogP contribution >= 0.6 is 11.6 Å². The van der Waals surface area contributed by atoms with E-state index in [1.165, 1.54) is 0 Å². The average Bonchev–Trinajstić information content (AvgIpc) is 2.96. The predicted octanol–water partition coefficient (Wildman–Crippen LogP) is 2.49. The number of carbonyl (C=O) groups is 2. The summed E-state index contributed by atoms with van der Waals surface area (Å²) in [7, 11) is 0. The second kappa shape index (κ2) is 5.71. The molecule has 0 radical (unpaired) electrons. The molecule has 1 rings (SSSR count). The highest BCUT2D eigenvalue weighted by Gasteiger charge is 2.30. The highest BCUT2D eigenvalue weighted by Crippen LogP contribution is 2.33. The van der Waals surface area contributed by atoms with Gasteiger partial charge in [-0.15, -0.1) is 11.6 Å². The zero-order valence-electron chi connectivity index (χ0n) is 10.6. The molecule has 1 aliphatic rings. The standard InChI is InChI=1S/C12H20ClNO3/c1-12(2,3)17-11(16)14-9(10(15)7-13)6-8-4-5-8/h8-9H,4-7H2,1-3H3,(H,14,16). The summed E-state index contributed by atoms with van der Waals surface area (Å²) in [6, 6.07) is -0.505. The summed E-state index contributed by atoms with van der Waals surface area (Å²) >= 11 is 5.53. The number of amides is 1. The lowest BCUT2D eigenvalue weighted by Crippen LogP contribution is -2.44. The summed E-state index contributed by atoms with van der Waals surface area (Å²) in [6.07, 6.45) is 2.37. The highest BCUT2D eigenvalue weighted by atomic mass is 35.5. The Hall–Kier alpha value is -0.770. The van der Waals surface area contributed by atoms with Gasteiger partial charge in [0.1, 0.15) is 5.60 Å². The highest BCUT2D eigenvalue weighted by molar-refractivity contribution is 6.28. The average molecular weight is 262 g/mol. The van der Waals surface area contributed by atoms with E-state index in [-0.39, 0.29) is 11.7 Å². The minimum atomic E-state index is -0.557. The molecule has 0 aromatic rings. The lowest BCUT2D eigenvalue weighted by atomic mass is 10.1. The SMILES string of the molecule is CC(C)(C)OC(=O)NC(CC1CC1)C(=O)CCl. The third-order valence-electron chi connectivity index (χ3n) is 2.48. The summed E-state index contributed by atoms with van der Waals surface area (Å²) in [5.41, 5.74) is -0.557. The van der Waals surface area contributed by atoms with Crippen LogP contribution in [0.25, 0.3) is 0 Å². The smallest absolute Gasteiger partial charge is 0.408 e. The number of hydrogen-bond acceptors (Lipinski definition) is 3. The van der Waals surface area contributed by atoms with Crippen molar-refractivity contribution in [2.75, 3.05) is 5.88 Å². The Bertz CT molecular complexity index is 295. The Kier molecular flexibility index (Phi) is 4.80. The van der Waals surface area contributed by atoms with E-state index in [0.717, 1.165) is 12.8 Å². The number of alkyl halides is 1.